The molecular weight excluding hydrogens is 79.0 g/mol. The van der Waals surface area contributed by atoms with E-state index in [-0.39, 0.29) is 15.6 Å². The first-order chi connectivity index (χ1) is 2.41. The molecule has 0 atom stereocenters. The Morgan fingerprint density at radius 2 is 2.40 bits per heavy atom. The molecule has 1 nitrogen and oxygen atoms in total. The average Bonchev–Trinajstić information content (AvgIpc) is 1.41. The van der Waals surface area contributed by atoms with Crippen molar-refractivity contribution in [3.8, 4) is 0 Å². The second-order valence-corrected chi connectivity index (χ2v) is 1.50. The minimum absolute atomic E-state index is 0.286. The van der Waals surface area contributed by atoms with Crippen LogP contribution in [0.2, 0.25) is 5.79 Å². The fourth-order valence-electron chi connectivity index (χ4n) is 0.167. The van der Waals surface area contributed by atoms with Crippen LogP contribution in [-0.2, 0) is 3.79 Å². The molecule has 0 heterocycles. The molecule has 0 aromatic heterocycles. The first-order valence-electron chi connectivity index (χ1n) is 1.81. The summed E-state index contributed by atoms with van der Waals surface area (Å²) < 4.78 is 4.92. The molecule has 0 saturated heterocycles. The highest BCUT2D eigenvalue weighted by atomic mass is 27.1. The molecule has 0 rings (SSSR count). The smallest absolute Gasteiger partial charge is 0.419 e. The van der Waals surface area contributed by atoms with Gasteiger partial charge in [-0.2, -0.15) is 0 Å². The molecule has 0 aromatic carbocycles. The van der Waals surface area contributed by atoms with Gasteiger partial charge in [-0.05, 0) is 6.92 Å². The Morgan fingerprint density at radius 1 is 1.80 bits per heavy atom. The lowest BCUT2D eigenvalue weighted by atomic mass is 10.9. The predicted octanol–water partition coefficient (Wildman–Crippen LogP) is 0.690. The quantitative estimate of drug-likeness (QED) is 0.450. The summed E-state index contributed by atoms with van der Waals surface area (Å²) >= 11 is 0.286. The molecular formula is C3H8AlO. The van der Waals surface area contributed by atoms with Crippen molar-refractivity contribution < 1.29 is 3.79 Å². The highest BCUT2D eigenvalue weighted by Gasteiger charge is 1.72. The van der Waals surface area contributed by atoms with Gasteiger partial charge in [0, 0.05) is 6.61 Å². The Balaban J connectivity index is 2.19. The van der Waals surface area contributed by atoms with Gasteiger partial charge in [-0.3, -0.25) is 0 Å². The summed E-state index contributed by atoms with van der Waals surface area (Å²) in [6, 6.07) is 0. The van der Waals surface area contributed by atoms with Gasteiger partial charge in [0.25, 0.3) is 0 Å². The van der Waals surface area contributed by atoms with E-state index in [9.17, 15) is 0 Å². The fourth-order valence-corrected chi connectivity index (χ4v) is 0.500. The van der Waals surface area contributed by atoms with Crippen molar-refractivity contribution >= 4 is 15.6 Å². The molecule has 0 spiro atoms. The molecule has 0 N–H and O–H groups in total. The van der Waals surface area contributed by atoms with Crippen LogP contribution in [-0.4, -0.2) is 22.2 Å². The van der Waals surface area contributed by atoms with Crippen LogP contribution in [0.3, 0.4) is 0 Å². The SMILES string of the molecule is CC[O][Al][CH3]. The van der Waals surface area contributed by atoms with E-state index in [1.165, 1.54) is 0 Å². The Morgan fingerprint density at radius 3 is 2.40 bits per heavy atom. The minimum Gasteiger partial charge on any atom is -0.507 e. The van der Waals surface area contributed by atoms with Gasteiger partial charge in [-0.25, -0.2) is 0 Å². The number of hydrogen-bond donors (Lipinski definition) is 0. The largest absolute Gasteiger partial charge is 0.507 e. The maximum Gasteiger partial charge on any atom is 0.419 e. The van der Waals surface area contributed by atoms with Crippen LogP contribution in [0.5, 0.6) is 0 Å². The van der Waals surface area contributed by atoms with Crippen LogP contribution in [0, 0.1) is 0 Å². The van der Waals surface area contributed by atoms with E-state index in [0.29, 0.717) is 0 Å². The lowest BCUT2D eigenvalue weighted by Crippen LogP contribution is -1.88. The molecule has 0 aliphatic heterocycles. The molecule has 0 bridgehead atoms. The second kappa shape index (κ2) is 4.49. The van der Waals surface area contributed by atoms with Crippen LogP contribution in [0.15, 0.2) is 0 Å². The molecule has 0 fully saturated rings. The van der Waals surface area contributed by atoms with Crippen molar-refractivity contribution in [2.75, 3.05) is 6.61 Å². The van der Waals surface area contributed by atoms with Gasteiger partial charge in [0.05, 0.1) is 0 Å². The van der Waals surface area contributed by atoms with Gasteiger partial charge in [-0.15, -0.1) is 0 Å². The topological polar surface area (TPSA) is 9.23 Å². The van der Waals surface area contributed by atoms with Crippen LogP contribution in [0.1, 0.15) is 6.92 Å². The lowest BCUT2D eigenvalue weighted by molar-refractivity contribution is 0.364. The second-order valence-electron chi connectivity index (χ2n) is 0.691. The van der Waals surface area contributed by atoms with Gasteiger partial charge in [0.15, 0.2) is 0 Å². The molecule has 0 unspecified atom stereocenters. The van der Waals surface area contributed by atoms with Crippen LogP contribution >= 0.6 is 0 Å². The predicted molar refractivity (Wildman–Crippen MR) is 23.2 cm³/mol. The third-order valence-corrected chi connectivity index (χ3v) is 1.00. The van der Waals surface area contributed by atoms with Crippen molar-refractivity contribution in [3.05, 3.63) is 0 Å². The molecule has 0 aliphatic rings. The zero-order valence-electron chi connectivity index (χ0n) is 3.69. The van der Waals surface area contributed by atoms with Crippen molar-refractivity contribution in [2.45, 2.75) is 12.7 Å². The van der Waals surface area contributed by atoms with Crippen LogP contribution in [0.25, 0.3) is 0 Å². The standard InChI is InChI=1S/C2H5O.CH3.Al/c1-2-3;;/h2H2,1H3;1H3;/q-1;;+1. The molecule has 0 saturated carbocycles. The molecule has 0 aromatic rings. The Kier molecular flexibility index (Phi) is 4.93. The van der Waals surface area contributed by atoms with Crippen molar-refractivity contribution in [1.29, 1.82) is 0 Å². The van der Waals surface area contributed by atoms with E-state index in [0.717, 1.165) is 6.61 Å². The molecule has 2 heteroatoms. The first kappa shape index (κ1) is 5.49. The maximum absolute atomic E-state index is 4.92. The summed E-state index contributed by atoms with van der Waals surface area (Å²) in [5, 5.41) is 0. The van der Waals surface area contributed by atoms with Gasteiger partial charge in [0.2, 0.25) is 0 Å². The summed E-state index contributed by atoms with van der Waals surface area (Å²) in [6.07, 6.45) is 0. The van der Waals surface area contributed by atoms with E-state index in [4.69, 9.17) is 3.79 Å². The molecule has 0 amide bonds. The van der Waals surface area contributed by atoms with Gasteiger partial charge >= 0.3 is 15.6 Å². The molecule has 0 aliphatic carbocycles. The molecule has 5 heavy (non-hydrogen) atoms. The van der Waals surface area contributed by atoms with Crippen LogP contribution < -0.4 is 0 Å². The Labute approximate surface area is 39.4 Å². The van der Waals surface area contributed by atoms with Crippen molar-refractivity contribution in [2.24, 2.45) is 0 Å². The summed E-state index contributed by atoms with van der Waals surface area (Å²) in [7, 11) is 0. The third kappa shape index (κ3) is 4.49. The highest BCUT2D eigenvalue weighted by molar-refractivity contribution is 6.24. The molecule has 1 radical (unpaired) electrons. The maximum atomic E-state index is 4.92. The summed E-state index contributed by atoms with van der Waals surface area (Å²) in [6.45, 7) is 2.89. The van der Waals surface area contributed by atoms with Gasteiger partial charge in [0.1, 0.15) is 0 Å². The number of hydrogen-bond acceptors (Lipinski definition) is 1. The summed E-state index contributed by atoms with van der Waals surface area (Å²) in [4.78, 5) is 0. The van der Waals surface area contributed by atoms with Crippen molar-refractivity contribution in [1.82, 2.24) is 0 Å². The zero-order valence-corrected chi connectivity index (χ0v) is 4.85. The van der Waals surface area contributed by atoms with E-state index >= 15 is 0 Å². The number of rotatable bonds is 2. The van der Waals surface area contributed by atoms with E-state index in [1.807, 2.05) is 6.92 Å². The van der Waals surface area contributed by atoms with E-state index in [1.54, 1.807) is 0 Å². The van der Waals surface area contributed by atoms with E-state index in [2.05, 4.69) is 5.79 Å². The Bertz CT molecular complexity index is 14.4. The normalized spacial score (nSPS) is 7.60. The summed E-state index contributed by atoms with van der Waals surface area (Å²) in [5.74, 6) is 2.07. The van der Waals surface area contributed by atoms with Gasteiger partial charge in [-0.1, -0.05) is 5.79 Å². The van der Waals surface area contributed by atoms with Gasteiger partial charge < -0.3 is 3.79 Å². The Hall–Kier alpha value is 0.492. The van der Waals surface area contributed by atoms with Crippen LogP contribution in [0.4, 0.5) is 0 Å². The van der Waals surface area contributed by atoms with E-state index < -0.39 is 0 Å². The third-order valence-electron chi connectivity index (χ3n) is 0.333. The highest BCUT2D eigenvalue weighted by Crippen LogP contribution is 1.61. The zero-order chi connectivity index (χ0) is 4.12. The minimum atomic E-state index is 0.286. The lowest BCUT2D eigenvalue weighted by Gasteiger charge is -1.85. The van der Waals surface area contributed by atoms with Crippen molar-refractivity contribution in [3.63, 3.8) is 0 Å². The average molecular weight is 87.1 g/mol. The first-order valence-corrected chi connectivity index (χ1v) is 3.43. The summed E-state index contributed by atoms with van der Waals surface area (Å²) in [5.41, 5.74) is 0. The fraction of sp³-hybridized carbons (Fsp3) is 1.00. The molecule has 29 valence electrons. The monoisotopic (exact) mass is 87.0 g/mol.